The largest absolute Gasteiger partial charge is 0.330 e. The third kappa shape index (κ3) is 2.93. The van der Waals surface area contributed by atoms with Gasteiger partial charge in [0.15, 0.2) is 9.84 Å². The van der Waals surface area contributed by atoms with E-state index in [0.717, 1.165) is 6.07 Å². The van der Waals surface area contributed by atoms with Gasteiger partial charge in [-0.3, -0.25) is 0 Å². The summed E-state index contributed by atoms with van der Waals surface area (Å²) in [6.07, 6.45) is 0.328. The predicted molar refractivity (Wildman–Crippen MR) is 61.9 cm³/mol. The second-order valence-corrected chi connectivity index (χ2v) is 5.98. The Kier molecular flexibility index (Phi) is 4.29. The van der Waals surface area contributed by atoms with Crippen molar-refractivity contribution < 1.29 is 12.8 Å². The number of benzene rings is 1. The van der Waals surface area contributed by atoms with Crippen LogP contribution in [-0.4, -0.2) is 20.7 Å². The van der Waals surface area contributed by atoms with Crippen molar-refractivity contribution in [2.45, 2.75) is 18.2 Å². The van der Waals surface area contributed by atoms with E-state index in [-0.39, 0.29) is 22.2 Å². The lowest BCUT2D eigenvalue weighted by Crippen LogP contribution is -2.12. The smallest absolute Gasteiger partial charge is 0.180 e. The van der Waals surface area contributed by atoms with Crippen LogP contribution in [-0.2, 0) is 9.84 Å². The number of aryl methyl sites for hydroxylation is 1. The Morgan fingerprint density at radius 1 is 1.44 bits per heavy atom. The van der Waals surface area contributed by atoms with Crippen LogP contribution < -0.4 is 5.73 Å². The van der Waals surface area contributed by atoms with Crippen LogP contribution in [0.2, 0.25) is 5.02 Å². The van der Waals surface area contributed by atoms with Gasteiger partial charge in [0.25, 0.3) is 0 Å². The van der Waals surface area contributed by atoms with Gasteiger partial charge in [-0.1, -0.05) is 11.6 Å². The lowest BCUT2D eigenvalue weighted by Gasteiger charge is -2.07. The topological polar surface area (TPSA) is 60.2 Å². The lowest BCUT2D eigenvalue weighted by molar-refractivity contribution is 0.587. The van der Waals surface area contributed by atoms with E-state index >= 15 is 0 Å². The molecule has 90 valence electrons. The number of sulfone groups is 1. The highest BCUT2D eigenvalue weighted by atomic mass is 35.5. The van der Waals surface area contributed by atoms with Gasteiger partial charge in [0.05, 0.1) is 15.7 Å². The second kappa shape index (κ2) is 5.12. The summed E-state index contributed by atoms with van der Waals surface area (Å²) in [7, 11) is -3.54. The van der Waals surface area contributed by atoms with Gasteiger partial charge in [-0.05, 0) is 37.6 Å². The molecule has 0 aliphatic rings. The Hall–Kier alpha value is -0.650. The molecule has 3 nitrogen and oxygen atoms in total. The minimum Gasteiger partial charge on any atom is -0.330 e. The Morgan fingerprint density at radius 2 is 2.06 bits per heavy atom. The van der Waals surface area contributed by atoms with E-state index < -0.39 is 15.7 Å². The summed E-state index contributed by atoms with van der Waals surface area (Å²) in [5.74, 6) is -0.693. The molecule has 0 aromatic heterocycles. The number of nitrogens with two attached hydrogens (primary N) is 1. The number of rotatable bonds is 4. The molecular formula is C10H13ClFNO2S. The molecule has 0 atom stereocenters. The highest BCUT2D eigenvalue weighted by molar-refractivity contribution is 7.91. The first kappa shape index (κ1) is 13.4. The maximum absolute atomic E-state index is 13.3. The van der Waals surface area contributed by atoms with Crippen LogP contribution in [0.15, 0.2) is 17.0 Å². The maximum Gasteiger partial charge on any atom is 0.180 e. The Bertz CT molecular complexity index is 488. The monoisotopic (exact) mass is 265 g/mol. The van der Waals surface area contributed by atoms with E-state index in [1.54, 1.807) is 0 Å². The average molecular weight is 266 g/mol. The molecule has 0 aliphatic carbocycles. The van der Waals surface area contributed by atoms with Crippen molar-refractivity contribution in [3.63, 3.8) is 0 Å². The molecule has 1 rings (SSSR count). The Morgan fingerprint density at radius 3 is 2.62 bits per heavy atom. The second-order valence-electron chi connectivity index (χ2n) is 3.49. The standard InChI is InChI=1S/C10H13ClFNO2S/c1-7-5-8(11)10(6-9(7)12)16(14,15)4-2-3-13/h5-6H,2-4,13H2,1H3. The molecule has 0 aliphatic heterocycles. The minimum atomic E-state index is -3.54. The highest BCUT2D eigenvalue weighted by Crippen LogP contribution is 2.25. The van der Waals surface area contributed by atoms with E-state index in [4.69, 9.17) is 17.3 Å². The van der Waals surface area contributed by atoms with Crippen LogP contribution in [0.3, 0.4) is 0 Å². The summed E-state index contributed by atoms with van der Waals surface area (Å²) in [5, 5.41) is 0.0518. The molecular weight excluding hydrogens is 253 g/mol. The molecule has 0 saturated heterocycles. The van der Waals surface area contributed by atoms with E-state index in [1.807, 2.05) is 0 Å². The summed E-state index contributed by atoms with van der Waals surface area (Å²) in [4.78, 5) is -0.161. The molecule has 1 aromatic carbocycles. The van der Waals surface area contributed by atoms with Crippen LogP contribution in [0.4, 0.5) is 4.39 Å². The van der Waals surface area contributed by atoms with Gasteiger partial charge in [-0.2, -0.15) is 0 Å². The maximum atomic E-state index is 13.3. The molecule has 0 saturated carbocycles. The van der Waals surface area contributed by atoms with Crippen molar-refractivity contribution in [3.05, 3.63) is 28.5 Å². The summed E-state index contributed by atoms with van der Waals surface area (Å²) < 4.78 is 36.8. The van der Waals surface area contributed by atoms with Crippen LogP contribution in [0.25, 0.3) is 0 Å². The highest BCUT2D eigenvalue weighted by Gasteiger charge is 2.19. The van der Waals surface area contributed by atoms with Crippen molar-refractivity contribution in [2.75, 3.05) is 12.3 Å². The van der Waals surface area contributed by atoms with Gasteiger partial charge >= 0.3 is 0 Å². The molecule has 0 heterocycles. The summed E-state index contributed by atoms with van der Waals surface area (Å²) >= 11 is 5.79. The first-order chi connectivity index (χ1) is 7.38. The Labute approximate surface area is 99.3 Å². The fraction of sp³-hybridized carbons (Fsp3) is 0.400. The fourth-order valence-corrected chi connectivity index (χ4v) is 3.23. The van der Waals surface area contributed by atoms with Crippen molar-refractivity contribution in [3.8, 4) is 0 Å². The molecule has 0 spiro atoms. The molecule has 2 N–H and O–H groups in total. The molecule has 6 heteroatoms. The minimum absolute atomic E-state index is 0.0518. The number of halogens is 2. The van der Waals surface area contributed by atoms with Crippen molar-refractivity contribution >= 4 is 21.4 Å². The van der Waals surface area contributed by atoms with Crippen LogP contribution in [0.1, 0.15) is 12.0 Å². The third-order valence-electron chi connectivity index (χ3n) is 2.17. The van der Waals surface area contributed by atoms with E-state index in [1.165, 1.54) is 13.0 Å². The first-order valence-electron chi connectivity index (χ1n) is 4.77. The van der Waals surface area contributed by atoms with Gasteiger partial charge in [-0.15, -0.1) is 0 Å². The van der Waals surface area contributed by atoms with E-state index in [9.17, 15) is 12.8 Å². The summed E-state index contributed by atoms with van der Waals surface area (Å²) in [6.45, 7) is 1.79. The van der Waals surface area contributed by atoms with E-state index in [2.05, 4.69) is 0 Å². The van der Waals surface area contributed by atoms with Gasteiger partial charge in [-0.25, -0.2) is 12.8 Å². The lowest BCUT2D eigenvalue weighted by atomic mass is 10.2. The molecule has 16 heavy (non-hydrogen) atoms. The van der Waals surface area contributed by atoms with Crippen LogP contribution in [0.5, 0.6) is 0 Å². The molecule has 0 unspecified atom stereocenters. The molecule has 0 fully saturated rings. The fourth-order valence-electron chi connectivity index (χ4n) is 1.25. The zero-order valence-corrected chi connectivity index (χ0v) is 10.4. The predicted octanol–water partition coefficient (Wildman–Crippen LogP) is 1.91. The van der Waals surface area contributed by atoms with E-state index in [0.29, 0.717) is 12.0 Å². The number of hydrogen-bond donors (Lipinski definition) is 1. The van der Waals surface area contributed by atoms with Gasteiger partial charge < -0.3 is 5.73 Å². The molecule has 1 aromatic rings. The van der Waals surface area contributed by atoms with Crippen LogP contribution >= 0.6 is 11.6 Å². The zero-order valence-electron chi connectivity index (χ0n) is 8.83. The summed E-state index contributed by atoms with van der Waals surface area (Å²) in [6, 6.07) is 2.27. The van der Waals surface area contributed by atoms with Gasteiger partial charge in [0, 0.05) is 0 Å². The third-order valence-corrected chi connectivity index (χ3v) is 4.42. The van der Waals surface area contributed by atoms with Crippen LogP contribution in [0, 0.1) is 12.7 Å². The number of hydrogen-bond acceptors (Lipinski definition) is 3. The molecule has 0 radical (unpaired) electrons. The molecule has 0 bridgehead atoms. The molecule has 0 amide bonds. The Balaban J connectivity index is 3.18. The van der Waals surface area contributed by atoms with Gasteiger partial charge in [0.2, 0.25) is 0 Å². The SMILES string of the molecule is Cc1cc(Cl)c(S(=O)(=O)CCCN)cc1F. The quantitative estimate of drug-likeness (QED) is 0.905. The summed E-state index contributed by atoms with van der Waals surface area (Å²) in [5.41, 5.74) is 5.56. The van der Waals surface area contributed by atoms with Crippen molar-refractivity contribution in [1.29, 1.82) is 0 Å². The zero-order chi connectivity index (χ0) is 12.3. The van der Waals surface area contributed by atoms with Crippen molar-refractivity contribution in [2.24, 2.45) is 5.73 Å². The normalized spacial score (nSPS) is 11.8. The van der Waals surface area contributed by atoms with Gasteiger partial charge in [0.1, 0.15) is 5.82 Å². The first-order valence-corrected chi connectivity index (χ1v) is 6.80. The average Bonchev–Trinajstić information content (AvgIpc) is 2.20. The van der Waals surface area contributed by atoms with Crippen molar-refractivity contribution in [1.82, 2.24) is 0 Å².